The maximum Gasteiger partial charge on any atom is 0.248 e. The number of halogens is 1. The molecule has 1 fully saturated rings. The third-order valence-corrected chi connectivity index (χ3v) is 4.63. The van der Waals surface area contributed by atoms with Gasteiger partial charge in [0.15, 0.2) is 11.6 Å². The molecule has 0 aliphatic carbocycles. The van der Waals surface area contributed by atoms with Gasteiger partial charge in [-0.25, -0.2) is 9.37 Å². The van der Waals surface area contributed by atoms with Crippen LogP contribution in [0.3, 0.4) is 0 Å². The molecule has 3 heterocycles. The van der Waals surface area contributed by atoms with Crippen molar-refractivity contribution in [1.29, 1.82) is 0 Å². The van der Waals surface area contributed by atoms with Crippen LogP contribution in [0.2, 0.25) is 0 Å². The summed E-state index contributed by atoms with van der Waals surface area (Å²) < 4.78 is 30.7. The summed E-state index contributed by atoms with van der Waals surface area (Å²) in [6.07, 6.45) is 3.54. The van der Waals surface area contributed by atoms with Crippen LogP contribution in [0.25, 0.3) is 10.9 Å². The van der Waals surface area contributed by atoms with Gasteiger partial charge < -0.3 is 24.4 Å². The van der Waals surface area contributed by atoms with Crippen LogP contribution < -0.4 is 14.8 Å². The zero-order valence-electron chi connectivity index (χ0n) is 16.4. The molecule has 1 aromatic carbocycles. The highest BCUT2D eigenvalue weighted by molar-refractivity contribution is 5.85. The Bertz CT molecular complexity index is 1110. The fraction of sp³-hybridized carbons (Fsp3) is 0.238. The lowest BCUT2D eigenvalue weighted by Gasteiger charge is -2.26. The molecule has 1 saturated heterocycles. The standard InChI is InChI=1S/C21H19FN4O5/c22-16-9-14(25-13-27)1-2-19(16)31-18-3-4-23-17-10-20(24-11-15(17)18)30-8-6-26-5-7-29-12-21(26)28/h1-4,9-11,13H,5-8,12H2,(H,25,27). The molecule has 1 N–H and O–H groups in total. The Labute approximate surface area is 176 Å². The summed E-state index contributed by atoms with van der Waals surface area (Å²) in [7, 11) is 0. The van der Waals surface area contributed by atoms with E-state index in [0.717, 1.165) is 6.07 Å². The fourth-order valence-electron chi connectivity index (χ4n) is 3.07. The predicted molar refractivity (Wildman–Crippen MR) is 109 cm³/mol. The van der Waals surface area contributed by atoms with E-state index in [2.05, 4.69) is 15.3 Å². The monoisotopic (exact) mass is 426 g/mol. The second-order valence-corrected chi connectivity index (χ2v) is 6.64. The Morgan fingerprint density at radius 2 is 2.13 bits per heavy atom. The first-order valence-corrected chi connectivity index (χ1v) is 9.55. The lowest BCUT2D eigenvalue weighted by atomic mass is 10.2. The van der Waals surface area contributed by atoms with E-state index in [9.17, 15) is 14.0 Å². The van der Waals surface area contributed by atoms with Crippen molar-refractivity contribution >= 4 is 28.9 Å². The van der Waals surface area contributed by atoms with Gasteiger partial charge in [0.25, 0.3) is 0 Å². The average molecular weight is 426 g/mol. The average Bonchev–Trinajstić information content (AvgIpc) is 2.77. The number of pyridine rings is 2. The molecule has 0 saturated carbocycles. The van der Waals surface area contributed by atoms with E-state index < -0.39 is 5.82 Å². The molecule has 1 aliphatic heterocycles. The minimum Gasteiger partial charge on any atom is -0.476 e. The summed E-state index contributed by atoms with van der Waals surface area (Å²) in [5.74, 6) is 0.0418. The van der Waals surface area contributed by atoms with Gasteiger partial charge in [-0.15, -0.1) is 0 Å². The van der Waals surface area contributed by atoms with Crippen LogP contribution in [-0.4, -0.2) is 60.1 Å². The van der Waals surface area contributed by atoms with Gasteiger partial charge in [0.1, 0.15) is 19.0 Å². The Kier molecular flexibility index (Phi) is 6.18. The first-order chi connectivity index (χ1) is 15.1. The van der Waals surface area contributed by atoms with E-state index in [1.807, 2.05) is 0 Å². The summed E-state index contributed by atoms with van der Waals surface area (Å²) in [6, 6.07) is 7.36. The second kappa shape index (κ2) is 9.35. The van der Waals surface area contributed by atoms with Crippen LogP contribution in [0.5, 0.6) is 17.4 Å². The Hall–Kier alpha value is -3.79. The predicted octanol–water partition coefficient (Wildman–Crippen LogP) is 2.37. The number of benzene rings is 1. The van der Waals surface area contributed by atoms with Gasteiger partial charge in [-0.1, -0.05) is 0 Å². The molecule has 1 aliphatic rings. The highest BCUT2D eigenvalue weighted by Crippen LogP contribution is 2.31. The van der Waals surface area contributed by atoms with E-state index in [1.54, 1.807) is 17.0 Å². The quantitative estimate of drug-likeness (QED) is 0.552. The third-order valence-electron chi connectivity index (χ3n) is 4.63. The molecule has 10 heteroatoms. The number of ether oxygens (including phenoxy) is 3. The smallest absolute Gasteiger partial charge is 0.248 e. The van der Waals surface area contributed by atoms with Gasteiger partial charge in [0.05, 0.1) is 24.1 Å². The number of carbonyl (C=O) groups excluding carboxylic acids is 2. The molecule has 160 valence electrons. The van der Waals surface area contributed by atoms with E-state index in [1.165, 1.54) is 24.5 Å². The van der Waals surface area contributed by atoms with Crippen LogP contribution in [0.4, 0.5) is 10.1 Å². The summed E-state index contributed by atoms with van der Waals surface area (Å²) >= 11 is 0. The molecule has 9 nitrogen and oxygen atoms in total. The summed E-state index contributed by atoms with van der Waals surface area (Å²) in [6.45, 7) is 1.87. The number of anilines is 1. The number of rotatable bonds is 8. The van der Waals surface area contributed by atoms with Crippen molar-refractivity contribution in [1.82, 2.24) is 14.9 Å². The molecular formula is C21H19FN4O5. The summed E-state index contributed by atoms with van der Waals surface area (Å²) in [5, 5.41) is 2.95. The van der Waals surface area contributed by atoms with Gasteiger partial charge in [-0.3, -0.25) is 14.6 Å². The zero-order valence-corrected chi connectivity index (χ0v) is 16.4. The van der Waals surface area contributed by atoms with Crippen molar-refractivity contribution in [3.63, 3.8) is 0 Å². The number of nitrogens with one attached hydrogen (secondary N) is 1. The molecule has 0 spiro atoms. The zero-order chi connectivity index (χ0) is 21.6. The Morgan fingerprint density at radius 3 is 2.94 bits per heavy atom. The van der Waals surface area contributed by atoms with Gasteiger partial charge in [-0.05, 0) is 18.2 Å². The van der Waals surface area contributed by atoms with Crippen molar-refractivity contribution in [3.05, 3.63) is 48.5 Å². The number of nitrogens with zero attached hydrogens (tertiary/aromatic N) is 3. The maximum atomic E-state index is 14.3. The van der Waals surface area contributed by atoms with Crippen LogP contribution in [-0.2, 0) is 14.3 Å². The molecule has 2 amide bonds. The van der Waals surface area contributed by atoms with E-state index in [4.69, 9.17) is 14.2 Å². The largest absolute Gasteiger partial charge is 0.476 e. The third kappa shape index (κ3) is 4.86. The van der Waals surface area contributed by atoms with Gasteiger partial charge in [0, 0.05) is 36.8 Å². The molecule has 0 radical (unpaired) electrons. The Morgan fingerprint density at radius 1 is 1.23 bits per heavy atom. The number of morpholine rings is 1. The van der Waals surface area contributed by atoms with Crippen molar-refractivity contribution in [2.75, 3.05) is 38.2 Å². The molecular weight excluding hydrogens is 407 g/mol. The first kappa shape index (κ1) is 20.5. The number of amides is 2. The highest BCUT2D eigenvalue weighted by atomic mass is 19.1. The van der Waals surface area contributed by atoms with Crippen LogP contribution in [0.15, 0.2) is 42.7 Å². The summed E-state index contributed by atoms with van der Waals surface area (Å²) in [5.41, 5.74) is 0.881. The summed E-state index contributed by atoms with van der Waals surface area (Å²) in [4.78, 5) is 32.4. The molecule has 0 unspecified atom stereocenters. The molecule has 0 bridgehead atoms. The molecule has 31 heavy (non-hydrogen) atoms. The Balaban J connectivity index is 1.45. The number of fused-ring (bicyclic) bond motifs is 1. The van der Waals surface area contributed by atoms with Crippen molar-refractivity contribution in [2.45, 2.75) is 0 Å². The number of hydrogen-bond acceptors (Lipinski definition) is 7. The van der Waals surface area contributed by atoms with E-state index >= 15 is 0 Å². The highest BCUT2D eigenvalue weighted by Gasteiger charge is 2.18. The molecule has 0 atom stereocenters. The fourth-order valence-corrected chi connectivity index (χ4v) is 3.07. The lowest BCUT2D eigenvalue weighted by molar-refractivity contribution is -0.143. The van der Waals surface area contributed by atoms with Crippen molar-refractivity contribution in [3.8, 4) is 17.4 Å². The minimum atomic E-state index is -0.623. The molecule has 3 aromatic rings. The number of hydrogen-bond donors (Lipinski definition) is 1. The van der Waals surface area contributed by atoms with Crippen LogP contribution in [0.1, 0.15) is 0 Å². The maximum absolute atomic E-state index is 14.3. The van der Waals surface area contributed by atoms with Gasteiger partial charge in [-0.2, -0.15) is 0 Å². The number of carbonyl (C=O) groups is 2. The lowest BCUT2D eigenvalue weighted by Crippen LogP contribution is -2.43. The van der Waals surface area contributed by atoms with Crippen LogP contribution >= 0.6 is 0 Å². The van der Waals surface area contributed by atoms with Gasteiger partial charge >= 0.3 is 0 Å². The normalized spacial score (nSPS) is 13.8. The van der Waals surface area contributed by atoms with E-state index in [-0.39, 0.29) is 24.9 Å². The topological polar surface area (TPSA) is 103 Å². The SMILES string of the molecule is O=CNc1ccc(Oc2ccnc3cc(OCCN4CCOCC4=O)ncc23)c(F)c1. The first-order valence-electron chi connectivity index (χ1n) is 9.55. The van der Waals surface area contributed by atoms with Crippen molar-refractivity contribution in [2.24, 2.45) is 0 Å². The van der Waals surface area contributed by atoms with E-state index in [0.29, 0.717) is 54.3 Å². The van der Waals surface area contributed by atoms with Gasteiger partial charge in [0.2, 0.25) is 18.2 Å². The minimum absolute atomic E-state index is 0.000506. The molecule has 2 aromatic heterocycles. The van der Waals surface area contributed by atoms with Crippen molar-refractivity contribution < 1.29 is 28.2 Å². The second-order valence-electron chi connectivity index (χ2n) is 6.64. The number of aromatic nitrogens is 2. The van der Waals surface area contributed by atoms with Crippen LogP contribution in [0, 0.1) is 5.82 Å². The molecule has 4 rings (SSSR count).